The SMILES string of the molecule is CC1CCN(C(=O)CCNS(=O)(=O)c2ccc([N+](=O)[O-])cc2)C(CN)C1.Cl. The summed E-state index contributed by atoms with van der Waals surface area (Å²) in [6.45, 7) is 3.12. The standard InChI is InChI=1S/C16H24N4O5S.ClH/c1-12-7-9-19(14(10-12)11-17)16(21)6-8-18-26(24,25)15-4-2-13(3-5-15)20(22)23;/h2-5,12,14,18H,6-11,17H2,1H3;1H. The minimum Gasteiger partial charge on any atom is -0.338 e. The molecule has 0 saturated carbocycles. The lowest BCUT2D eigenvalue weighted by molar-refractivity contribution is -0.384. The van der Waals surface area contributed by atoms with Crippen molar-refractivity contribution in [1.29, 1.82) is 0 Å². The van der Waals surface area contributed by atoms with Crippen molar-refractivity contribution in [2.45, 2.75) is 37.1 Å². The second kappa shape index (κ2) is 9.98. The lowest BCUT2D eigenvalue weighted by Gasteiger charge is -2.38. The van der Waals surface area contributed by atoms with E-state index in [0.29, 0.717) is 19.0 Å². The summed E-state index contributed by atoms with van der Waals surface area (Å²) in [6.07, 6.45) is 1.81. The topological polar surface area (TPSA) is 136 Å². The molecular formula is C16H25ClN4O5S. The molecule has 1 amide bonds. The van der Waals surface area contributed by atoms with E-state index in [-0.39, 0.29) is 47.9 Å². The summed E-state index contributed by atoms with van der Waals surface area (Å²) in [7, 11) is -3.83. The highest BCUT2D eigenvalue weighted by Crippen LogP contribution is 2.22. The fraction of sp³-hybridized carbons (Fsp3) is 0.562. The first kappa shape index (κ1) is 23.3. The predicted octanol–water partition coefficient (Wildman–Crippen LogP) is 1.27. The molecule has 2 atom stereocenters. The van der Waals surface area contributed by atoms with Crippen molar-refractivity contribution in [3.8, 4) is 0 Å². The smallest absolute Gasteiger partial charge is 0.269 e. The van der Waals surface area contributed by atoms with Crippen LogP contribution in [-0.2, 0) is 14.8 Å². The lowest BCUT2D eigenvalue weighted by atomic mass is 9.92. The van der Waals surface area contributed by atoms with E-state index in [9.17, 15) is 23.3 Å². The van der Waals surface area contributed by atoms with Gasteiger partial charge in [0, 0.05) is 44.2 Å². The van der Waals surface area contributed by atoms with Crippen molar-refractivity contribution in [3.05, 3.63) is 34.4 Å². The van der Waals surface area contributed by atoms with Crippen LogP contribution in [0.25, 0.3) is 0 Å². The van der Waals surface area contributed by atoms with Crippen LogP contribution in [0.15, 0.2) is 29.2 Å². The number of likely N-dealkylation sites (tertiary alicyclic amines) is 1. The lowest BCUT2D eigenvalue weighted by Crippen LogP contribution is -2.49. The second-order valence-electron chi connectivity index (χ2n) is 6.50. The second-order valence-corrected chi connectivity index (χ2v) is 8.27. The molecule has 0 aliphatic carbocycles. The highest BCUT2D eigenvalue weighted by molar-refractivity contribution is 7.89. The van der Waals surface area contributed by atoms with E-state index in [0.717, 1.165) is 25.0 Å². The van der Waals surface area contributed by atoms with Gasteiger partial charge in [-0.1, -0.05) is 6.92 Å². The van der Waals surface area contributed by atoms with Crippen LogP contribution < -0.4 is 10.5 Å². The molecule has 1 fully saturated rings. The van der Waals surface area contributed by atoms with Crippen LogP contribution >= 0.6 is 12.4 Å². The number of hydrogen-bond acceptors (Lipinski definition) is 6. The van der Waals surface area contributed by atoms with Crippen LogP contribution in [0, 0.1) is 16.0 Å². The summed E-state index contributed by atoms with van der Waals surface area (Å²) < 4.78 is 26.8. The molecule has 1 aromatic carbocycles. The van der Waals surface area contributed by atoms with Crippen molar-refractivity contribution in [2.75, 3.05) is 19.6 Å². The number of hydrogen-bond donors (Lipinski definition) is 2. The number of nitrogens with one attached hydrogen (secondary N) is 1. The number of halogens is 1. The maximum Gasteiger partial charge on any atom is 0.269 e. The Balaban J connectivity index is 0.00000364. The number of nitro groups is 1. The summed E-state index contributed by atoms with van der Waals surface area (Å²) >= 11 is 0. The number of nitrogens with two attached hydrogens (primary N) is 1. The van der Waals surface area contributed by atoms with Crippen molar-refractivity contribution in [1.82, 2.24) is 9.62 Å². The minimum absolute atomic E-state index is 0. The molecular weight excluding hydrogens is 396 g/mol. The van der Waals surface area contributed by atoms with E-state index in [4.69, 9.17) is 5.73 Å². The number of nitrogens with zero attached hydrogens (tertiary/aromatic N) is 2. The zero-order chi connectivity index (χ0) is 19.3. The molecule has 11 heteroatoms. The fourth-order valence-electron chi connectivity index (χ4n) is 3.07. The fourth-order valence-corrected chi connectivity index (χ4v) is 4.10. The molecule has 152 valence electrons. The molecule has 27 heavy (non-hydrogen) atoms. The van der Waals surface area contributed by atoms with Crippen molar-refractivity contribution < 1.29 is 18.1 Å². The molecule has 2 rings (SSSR count). The Kier molecular flexibility index (Phi) is 8.60. The van der Waals surface area contributed by atoms with Gasteiger partial charge in [0.05, 0.1) is 9.82 Å². The third-order valence-corrected chi connectivity index (χ3v) is 6.04. The Bertz CT molecular complexity index is 757. The van der Waals surface area contributed by atoms with Gasteiger partial charge in [0.25, 0.3) is 5.69 Å². The van der Waals surface area contributed by atoms with E-state index in [1.54, 1.807) is 4.90 Å². The summed E-state index contributed by atoms with van der Waals surface area (Å²) in [5.74, 6) is 0.395. The Morgan fingerprint density at radius 2 is 2.00 bits per heavy atom. The number of benzene rings is 1. The van der Waals surface area contributed by atoms with E-state index < -0.39 is 14.9 Å². The number of amides is 1. The first-order valence-electron chi connectivity index (χ1n) is 8.48. The predicted molar refractivity (Wildman–Crippen MR) is 103 cm³/mol. The molecule has 9 nitrogen and oxygen atoms in total. The third kappa shape index (κ3) is 6.13. The highest BCUT2D eigenvalue weighted by Gasteiger charge is 2.28. The summed E-state index contributed by atoms with van der Waals surface area (Å²) in [6, 6.07) is 4.58. The number of sulfonamides is 1. The Hall–Kier alpha value is -1.75. The van der Waals surface area contributed by atoms with Gasteiger partial charge in [0.15, 0.2) is 0 Å². The van der Waals surface area contributed by atoms with Gasteiger partial charge >= 0.3 is 0 Å². The molecule has 0 radical (unpaired) electrons. The van der Waals surface area contributed by atoms with Crippen LogP contribution in [0.3, 0.4) is 0 Å². The average molecular weight is 421 g/mol. The van der Waals surface area contributed by atoms with Gasteiger partial charge in [-0.25, -0.2) is 13.1 Å². The molecule has 1 aliphatic rings. The molecule has 1 saturated heterocycles. The van der Waals surface area contributed by atoms with Crippen LogP contribution in [0.5, 0.6) is 0 Å². The van der Waals surface area contributed by atoms with Crippen molar-refractivity contribution in [3.63, 3.8) is 0 Å². The number of nitro benzene ring substituents is 1. The maximum absolute atomic E-state index is 12.4. The maximum atomic E-state index is 12.4. The van der Waals surface area contributed by atoms with Crippen molar-refractivity contribution >= 4 is 34.0 Å². The normalized spacial score (nSPS) is 20.0. The molecule has 3 N–H and O–H groups in total. The van der Waals surface area contributed by atoms with Gasteiger partial charge in [0.2, 0.25) is 15.9 Å². The third-order valence-electron chi connectivity index (χ3n) is 4.56. The number of piperidine rings is 1. The average Bonchev–Trinajstić information content (AvgIpc) is 2.61. The summed E-state index contributed by atoms with van der Waals surface area (Å²) in [4.78, 5) is 24.1. The Morgan fingerprint density at radius 3 is 2.56 bits per heavy atom. The molecule has 1 heterocycles. The van der Waals surface area contributed by atoms with Gasteiger partial charge in [-0.05, 0) is 30.9 Å². The number of rotatable bonds is 7. The van der Waals surface area contributed by atoms with Crippen molar-refractivity contribution in [2.24, 2.45) is 11.7 Å². The van der Waals surface area contributed by atoms with E-state index in [1.807, 2.05) is 0 Å². The van der Waals surface area contributed by atoms with Crippen LogP contribution in [0.4, 0.5) is 5.69 Å². The van der Waals surface area contributed by atoms with Gasteiger partial charge in [-0.3, -0.25) is 14.9 Å². The zero-order valence-electron chi connectivity index (χ0n) is 15.0. The van der Waals surface area contributed by atoms with Gasteiger partial charge < -0.3 is 10.6 Å². The van der Waals surface area contributed by atoms with E-state index in [1.165, 1.54) is 12.1 Å². The molecule has 2 unspecified atom stereocenters. The monoisotopic (exact) mass is 420 g/mol. The van der Waals surface area contributed by atoms with Crippen LogP contribution in [0.2, 0.25) is 0 Å². The van der Waals surface area contributed by atoms with Gasteiger partial charge in [-0.15, -0.1) is 12.4 Å². The number of non-ortho nitro benzene ring substituents is 1. The molecule has 1 aliphatic heterocycles. The van der Waals surface area contributed by atoms with E-state index >= 15 is 0 Å². The Labute approximate surface area is 164 Å². The molecule has 0 bridgehead atoms. The molecule has 1 aromatic rings. The molecule has 0 spiro atoms. The minimum atomic E-state index is -3.83. The van der Waals surface area contributed by atoms with E-state index in [2.05, 4.69) is 11.6 Å². The summed E-state index contributed by atoms with van der Waals surface area (Å²) in [5, 5.41) is 10.6. The quantitative estimate of drug-likeness (QED) is 0.503. The first-order chi connectivity index (χ1) is 12.2. The Morgan fingerprint density at radius 1 is 1.37 bits per heavy atom. The largest absolute Gasteiger partial charge is 0.338 e. The number of carbonyl (C=O) groups excluding carboxylic acids is 1. The van der Waals surface area contributed by atoms with Crippen LogP contribution in [0.1, 0.15) is 26.2 Å². The first-order valence-corrected chi connectivity index (χ1v) is 9.96. The summed E-state index contributed by atoms with van der Waals surface area (Å²) in [5.41, 5.74) is 5.56. The number of carbonyl (C=O) groups is 1. The van der Waals surface area contributed by atoms with Gasteiger partial charge in [-0.2, -0.15) is 0 Å². The highest BCUT2D eigenvalue weighted by atomic mass is 35.5. The zero-order valence-corrected chi connectivity index (χ0v) is 16.7. The van der Waals surface area contributed by atoms with Gasteiger partial charge in [0.1, 0.15) is 0 Å². The van der Waals surface area contributed by atoms with Crippen LogP contribution in [-0.4, -0.2) is 49.8 Å². The molecule has 0 aromatic heterocycles.